The highest BCUT2D eigenvalue weighted by atomic mass is 16.3. The van der Waals surface area contributed by atoms with E-state index in [4.69, 9.17) is 4.42 Å². The van der Waals surface area contributed by atoms with Crippen LogP contribution in [0, 0.1) is 0 Å². The van der Waals surface area contributed by atoms with Gasteiger partial charge in [-0.1, -0.05) is 30.3 Å². The molecule has 0 spiro atoms. The number of rotatable bonds is 5. The zero-order chi connectivity index (χ0) is 20.1. The van der Waals surface area contributed by atoms with Gasteiger partial charge in [0.2, 0.25) is 0 Å². The van der Waals surface area contributed by atoms with E-state index in [1.54, 1.807) is 28.0 Å². The number of amides is 2. The van der Waals surface area contributed by atoms with E-state index in [2.05, 4.69) is 15.3 Å². The Morgan fingerprint density at radius 2 is 1.66 bits per heavy atom. The van der Waals surface area contributed by atoms with Crippen LogP contribution < -0.4 is 5.32 Å². The highest BCUT2D eigenvalue weighted by molar-refractivity contribution is 5.94. The molecule has 0 aliphatic carbocycles. The quantitative estimate of drug-likeness (QED) is 0.717. The first kappa shape index (κ1) is 18.7. The maximum absolute atomic E-state index is 12.8. The first-order valence-corrected chi connectivity index (χ1v) is 9.42. The normalized spacial score (nSPS) is 13.9. The molecule has 0 unspecified atom stereocenters. The number of furan rings is 1. The Morgan fingerprint density at radius 3 is 2.34 bits per heavy atom. The summed E-state index contributed by atoms with van der Waals surface area (Å²) in [6.07, 6.45) is 2.86. The molecule has 4 rings (SSSR count). The van der Waals surface area contributed by atoms with Crippen LogP contribution in [0.3, 0.4) is 0 Å². The minimum Gasteiger partial charge on any atom is -0.459 e. The number of piperazine rings is 1. The second kappa shape index (κ2) is 8.55. The molecule has 8 nitrogen and oxygen atoms in total. The number of carbonyl (C=O) groups is 2. The standard InChI is InChI=1S/C21H21N5O3/c27-20(25-8-10-26(11-9-25)21(28)18-7-4-12-29-18)17-13-19(24-15-23-17)22-14-16-5-2-1-3-6-16/h1-7,12-13,15H,8-11,14H2,(H,22,23,24). The van der Waals surface area contributed by atoms with E-state index >= 15 is 0 Å². The van der Waals surface area contributed by atoms with Crippen molar-refractivity contribution in [3.63, 3.8) is 0 Å². The molecule has 2 aromatic heterocycles. The summed E-state index contributed by atoms with van der Waals surface area (Å²) in [4.78, 5) is 36.9. The summed E-state index contributed by atoms with van der Waals surface area (Å²) >= 11 is 0. The van der Waals surface area contributed by atoms with Crippen LogP contribution in [-0.2, 0) is 6.54 Å². The zero-order valence-electron chi connectivity index (χ0n) is 15.8. The van der Waals surface area contributed by atoms with Crippen LogP contribution in [0.2, 0.25) is 0 Å². The maximum Gasteiger partial charge on any atom is 0.289 e. The van der Waals surface area contributed by atoms with Crippen LogP contribution >= 0.6 is 0 Å². The van der Waals surface area contributed by atoms with Gasteiger partial charge in [-0.25, -0.2) is 9.97 Å². The van der Waals surface area contributed by atoms with Crippen LogP contribution in [-0.4, -0.2) is 57.8 Å². The van der Waals surface area contributed by atoms with Gasteiger partial charge in [0.05, 0.1) is 6.26 Å². The van der Waals surface area contributed by atoms with Gasteiger partial charge in [-0.2, -0.15) is 0 Å². The average molecular weight is 391 g/mol. The Balaban J connectivity index is 1.34. The lowest BCUT2D eigenvalue weighted by atomic mass is 10.2. The fourth-order valence-electron chi connectivity index (χ4n) is 3.19. The van der Waals surface area contributed by atoms with Crippen LogP contribution in [0.4, 0.5) is 5.82 Å². The summed E-state index contributed by atoms with van der Waals surface area (Å²) in [5.41, 5.74) is 1.46. The summed E-state index contributed by atoms with van der Waals surface area (Å²) in [5, 5.41) is 3.21. The summed E-state index contributed by atoms with van der Waals surface area (Å²) in [7, 11) is 0. The molecule has 1 aliphatic heterocycles. The summed E-state index contributed by atoms with van der Waals surface area (Å²) in [6.45, 7) is 2.41. The van der Waals surface area contributed by atoms with E-state index in [1.807, 2.05) is 30.3 Å². The van der Waals surface area contributed by atoms with Crippen LogP contribution in [0.25, 0.3) is 0 Å². The monoisotopic (exact) mass is 391 g/mol. The van der Waals surface area contributed by atoms with Gasteiger partial charge in [-0.05, 0) is 17.7 Å². The highest BCUT2D eigenvalue weighted by Gasteiger charge is 2.27. The first-order chi connectivity index (χ1) is 14.2. The van der Waals surface area contributed by atoms with Gasteiger partial charge in [0, 0.05) is 38.8 Å². The van der Waals surface area contributed by atoms with Crippen molar-refractivity contribution in [1.29, 1.82) is 0 Å². The SMILES string of the molecule is O=C(c1cc(NCc2ccccc2)ncn1)N1CCN(C(=O)c2ccco2)CC1. The molecule has 3 aromatic rings. The van der Waals surface area contributed by atoms with Crippen molar-refractivity contribution in [3.8, 4) is 0 Å². The molecule has 1 fully saturated rings. The van der Waals surface area contributed by atoms with E-state index in [9.17, 15) is 9.59 Å². The van der Waals surface area contributed by atoms with E-state index in [1.165, 1.54) is 12.6 Å². The van der Waals surface area contributed by atoms with Gasteiger partial charge in [0.15, 0.2) is 5.76 Å². The highest BCUT2D eigenvalue weighted by Crippen LogP contribution is 2.13. The third-order valence-electron chi connectivity index (χ3n) is 4.79. The molecule has 29 heavy (non-hydrogen) atoms. The van der Waals surface area contributed by atoms with Crippen molar-refractivity contribution in [2.75, 3.05) is 31.5 Å². The van der Waals surface area contributed by atoms with Gasteiger partial charge < -0.3 is 19.5 Å². The van der Waals surface area contributed by atoms with Gasteiger partial charge in [-0.15, -0.1) is 0 Å². The number of carbonyl (C=O) groups excluding carboxylic acids is 2. The molecule has 0 atom stereocenters. The Bertz CT molecular complexity index is 967. The molecule has 1 saturated heterocycles. The molecule has 0 bridgehead atoms. The lowest BCUT2D eigenvalue weighted by Gasteiger charge is -2.34. The Labute approximate surface area is 168 Å². The number of nitrogens with zero attached hydrogens (tertiary/aromatic N) is 4. The van der Waals surface area contributed by atoms with Crippen molar-refractivity contribution < 1.29 is 14.0 Å². The van der Waals surface area contributed by atoms with Crippen molar-refractivity contribution in [1.82, 2.24) is 19.8 Å². The van der Waals surface area contributed by atoms with Crippen LogP contribution in [0.15, 0.2) is 65.5 Å². The lowest BCUT2D eigenvalue weighted by Crippen LogP contribution is -2.50. The predicted octanol–water partition coefficient (Wildman–Crippen LogP) is 2.28. The molecule has 3 heterocycles. The first-order valence-electron chi connectivity index (χ1n) is 9.42. The average Bonchev–Trinajstić information content (AvgIpc) is 3.33. The Hall–Kier alpha value is -3.68. The molecule has 1 N–H and O–H groups in total. The Morgan fingerprint density at radius 1 is 0.931 bits per heavy atom. The topological polar surface area (TPSA) is 91.6 Å². The van der Waals surface area contributed by atoms with Crippen molar-refractivity contribution in [2.24, 2.45) is 0 Å². The minimum absolute atomic E-state index is 0.156. The second-order valence-corrected chi connectivity index (χ2v) is 6.69. The molecule has 0 radical (unpaired) electrons. The van der Waals surface area contributed by atoms with E-state index in [0.29, 0.717) is 50.0 Å². The Kier molecular flexibility index (Phi) is 5.51. The molecular weight excluding hydrogens is 370 g/mol. The van der Waals surface area contributed by atoms with E-state index in [-0.39, 0.29) is 11.8 Å². The number of nitrogens with one attached hydrogen (secondary N) is 1. The molecule has 1 aromatic carbocycles. The fraction of sp³-hybridized carbons (Fsp3) is 0.238. The van der Waals surface area contributed by atoms with Crippen LogP contribution in [0.1, 0.15) is 26.6 Å². The molecule has 2 amide bonds. The number of benzene rings is 1. The molecule has 1 aliphatic rings. The largest absolute Gasteiger partial charge is 0.459 e. The summed E-state index contributed by atoms with van der Waals surface area (Å²) in [6, 6.07) is 14.9. The number of anilines is 1. The van der Waals surface area contributed by atoms with E-state index in [0.717, 1.165) is 5.56 Å². The minimum atomic E-state index is -0.166. The maximum atomic E-state index is 12.8. The van der Waals surface area contributed by atoms with Gasteiger partial charge in [0.25, 0.3) is 11.8 Å². The van der Waals surface area contributed by atoms with Crippen molar-refractivity contribution in [3.05, 3.63) is 78.1 Å². The third kappa shape index (κ3) is 4.43. The number of hydrogen-bond acceptors (Lipinski definition) is 6. The molecule has 8 heteroatoms. The van der Waals surface area contributed by atoms with Crippen LogP contribution in [0.5, 0.6) is 0 Å². The zero-order valence-corrected chi connectivity index (χ0v) is 15.8. The smallest absolute Gasteiger partial charge is 0.289 e. The number of hydrogen-bond donors (Lipinski definition) is 1. The van der Waals surface area contributed by atoms with Gasteiger partial charge in [0.1, 0.15) is 17.8 Å². The third-order valence-corrected chi connectivity index (χ3v) is 4.79. The summed E-state index contributed by atoms with van der Waals surface area (Å²) in [5.74, 6) is 0.588. The fourth-order valence-corrected chi connectivity index (χ4v) is 3.19. The lowest BCUT2D eigenvalue weighted by molar-refractivity contribution is 0.0515. The molecular formula is C21H21N5O3. The van der Waals surface area contributed by atoms with Crippen molar-refractivity contribution >= 4 is 17.6 Å². The van der Waals surface area contributed by atoms with E-state index < -0.39 is 0 Å². The molecule has 0 saturated carbocycles. The molecule has 148 valence electrons. The predicted molar refractivity (Wildman–Crippen MR) is 106 cm³/mol. The number of aromatic nitrogens is 2. The van der Waals surface area contributed by atoms with Gasteiger partial charge >= 0.3 is 0 Å². The van der Waals surface area contributed by atoms with Crippen molar-refractivity contribution in [2.45, 2.75) is 6.54 Å². The van der Waals surface area contributed by atoms with Gasteiger partial charge in [-0.3, -0.25) is 9.59 Å². The summed E-state index contributed by atoms with van der Waals surface area (Å²) < 4.78 is 5.16. The second-order valence-electron chi connectivity index (χ2n) is 6.69.